The van der Waals surface area contributed by atoms with E-state index in [9.17, 15) is 4.79 Å². The zero-order valence-electron chi connectivity index (χ0n) is 11.9. The van der Waals surface area contributed by atoms with E-state index in [0.717, 1.165) is 10.2 Å². The van der Waals surface area contributed by atoms with Crippen LogP contribution in [0.5, 0.6) is 5.75 Å². The third kappa shape index (κ3) is 4.54. The van der Waals surface area contributed by atoms with Crippen LogP contribution in [-0.2, 0) is 0 Å². The van der Waals surface area contributed by atoms with E-state index >= 15 is 0 Å². The van der Waals surface area contributed by atoms with Gasteiger partial charge in [0.1, 0.15) is 5.75 Å². The molecule has 1 amide bonds. The van der Waals surface area contributed by atoms with Crippen molar-refractivity contribution < 1.29 is 9.53 Å². The molecule has 114 valence electrons. The van der Waals surface area contributed by atoms with E-state index in [1.807, 2.05) is 37.3 Å². The molecule has 0 radical (unpaired) electrons. The molecule has 2 aromatic carbocycles. The van der Waals surface area contributed by atoms with Crippen molar-refractivity contribution in [1.29, 1.82) is 0 Å². The molecule has 0 aliphatic heterocycles. The fourth-order valence-electron chi connectivity index (χ4n) is 1.77. The van der Waals surface area contributed by atoms with Gasteiger partial charge in [-0.3, -0.25) is 10.1 Å². The molecule has 2 aromatic rings. The Morgan fingerprint density at radius 2 is 1.95 bits per heavy atom. The number of para-hydroxylation sites is 1. The number of benzene rings is 2. The number of amides is 1. The molecule has 0 saturated heterocycles. The van der Waals surface area contributed by atoms with Crippen molar-refractivity contribution in [3.63, 3.8) is 0 Å². The fourth-order valence-corrected chi connectivity index (χ4v) is 2.48. The van der Waals surface area contributed by atoms with E-state index in [1.54, 1.807) is 18.2 Å². The summed E-state index contributed by atoms with van der Waals surface area (Å²) >= 11 is 8.52. The summed E-state index contributed by atoms with van der Waals surface area (Å²) in [4.78, 5) is 12.2. The van der Waals surface area contributed by atoms with Crippen LogP contribution in [0, 0.1) is 0 Å². The highest BCUT2D eigenvalue weighted by Gasteiger charge is 2.10. The lowest BCUT2D eigenvalue weighted by atomic mass is 10.2. The molecule has 0 atom stereocenters. The summed E-state index contributed by atoms with van der Waals surface area (Å²) in [6.45, 7) is 2.47. The van der Waals surface area contributed by atoms with Crippen LogP contribution in [0.15, 0.2) is 53.0 Å². The number of carbonyl (C=O) groups is 1. The molecule has 0 saturated carbocycles. The molecular formula is C16H15BrN2O2S. The minimum Gasteiger partial charge on any atom is -0.493 e. The second-order valence-electron chi connectivity index (χ2n) is 4.35. The Kier molecular flexibility index (Phi) is 5.91. The highest BCUT2D eigenvalue weighted by Crippen LogP contribution is 2.25. The third-order valence-electron chi connectivity index (χ3n) is 2.75. The Bertz CT molecular complexity index is 677. The molecule has 6 heteroatoms. The first-order valence-electron chi connectivity index (χ1n) is 6.70. The Labute approximate surface area is 143 Å². The highest BCUT2D eigenvalue weighted by atomic mass is 79.9. The van der Waals surface area contributed by atoms with Crippen molar-refractivity contribution in [2.24, 2.45) is 0 Å². The number of anilines is 1. The summed E-state index contributed by atoms with van der Waals surface area (Å²) in [5, 5.41) is 5.85. The van der Waals surface area contributed by atoms with E-state index in [-0.39, 0.29) is 11.0 Å². The molecule has 2 N–H and O–H groups in total. The van der Waals surface area contributed by atoms with Gasteiger partial charge >= 0.3 is 0 Å². The summed E-state index contributed by atoms with van der Waals surface area (Å²) in [6, 6.07) is 14.5. The van der Waals surface area contributed by atoms with Gasteiger partial charge in [0.15, 0.2) is 5.11 Å². The van der Waals surface area contributed by atoms with Gasteiger partial charge in [0.05, 0.1) is 11.1 Å². The summed E-state index contributed by atoms with van der Waals surface area (Å²) in [5.41, 5.74) is 1.31. The maximum atomic E-state index is 12.2. The number of hydrogen-bond acceptors (Lipinski definition) is 3. The Hall–Kier alpha value is -1.92. The molecule has 0 unspecified atom stereocenters. The van der Waals surface area contributed by atoms with Crippen LogP contribution in [-0.4, -0.2) is 17.6 Å². The maximum Gasteiger partial charge on any atom is 0.257 e. The number of rotatable bonds is 4. The molecule has 0 bridgehead atoms. The van der Waals surface area contributed by atoms with Crippen molar-refractivity contribution in [1.82, 2.24) is 5.32 Å². The van der Waals surface area contributed by atoms with E-state index in [0.29, 0.717) is 17.9 Å². The quantitative estimate of drug-likeness (QED) is 0.790. The number of nitrogens with one attached hydrogen (secondary N) is 2. The Morgan fingerprint density at radius 1 is 1.23 bits per heavy atom. The van der Waals surface area contributed by atoms with Gasteiger partial charge in [-0.05, 0) is 65.4 Å². The van der Waals surface area contributed by atoms with E-state index in [1.165, 1.54) is 0 Å². The molecule has 22 heavy (non-hydrogen) atoms. The van der Waals surface area contributed by atoms with Crippen LogP contribution < -0.4 is 15.4 Å². The molecule has 0 aromatic heterocycles. The fraction of sp³-hybridized carbons (Fsp3) is 0.125. The van der Waals surface area contributed by atoms with Crippen LogP contribution in [0.1, 0.15) is 17.3 Å². The Morgan fingerprint density at radius 3 is 2.59 bits per heavy atom. The molecule has 0 aliphatic carbocycles. The van der Waals surface area contributed by atoms with Crippen molar-refractivity contribution in [3.8, 4) is 5.75 Å². The molecule has 0 heterocycles. The van der Waals surface area contributed by atoms with E-state index in [2.05, 4.69) is 26.6 Å². The molecule has 0 fully saturated rings. The lowest BCUT2D eigenvalue weighted by molar-refractivity contribution is 0.0977. The second kappa shape index (κ2) is 7.91. The molecule has 0 spiro atoms. The largest absolute Gasteiger partial charge is 0.493 e. The average molecular weight is 379 g/mol. The molecular weight excluding hydrogens is 364 g/mol. The maximum absolute atomic E-state index is 12.2. The van der Waals surface area contributed by atoms with Gasteiger partial charge < -0.3 is 10.1 Å². The number of thiocarbonyl (C=S) groups is 1. The molecule has 0 aliphatic rings. The highest BCUT2D eigenvalue weighted by molar-refractivity contribution is 9.10. The normalized spacial score (nSPS) is 9.91. The number of ether oxygens (including phenoxy) is 1. The summed E-state index contributed by atoms with van der Waals surface area (Å²) in [6.07, 6.45) is 0. The first-order chi connectivity index (χ1) is 10.6. The summed E-state index contributed by atoms with van der Waals surface area (Å²) < 4.78 is 6.14. The first-order valence-corrected chi connectivity index (χ1v) is 7.90. The summed E-state index contributed by atoms with van der Waals surface area (Å²) in [7, 11) is 0. The minimum absolute atomic E-state index is 0.251. The van der Waals surface area contributed by atoms with Crippen molar-refractivity contribution in [2.75, 3.05) is 11.9 Å². The van der Waals surface area contributed by atoms with Gasteiger partial charge in [-0.25, -0.2) is 0 Å². The molecule has 2 rings (SSSR count). The van der Waals surface area contributed by atoms with Crippen LogP contribution >= 0.6 is 28.1 Å². The van der Waals surface area contributed by atoms with Gasteiger partial charge in [0, 0.05) is 11.3 Å². The van der Waals surface area contributed by atoms with Gasteiger partial charge in [0.2, 0.25) is 0 Å². The van der Waals surface area contributed by atoms with Crippen molar-refractivity contribution in [3.05, 3.63) is 58.6 Å². The van der Waals surface area contributed by atoms with Gasteiger partial charge in [-0.2, -0.15) is 0 Å². The first kappa shape index (κ1) is 16.5. The number of hydrogen-bond donors (Lipinski definition) is 2. The predicted octanol–water partition coefficient (Wildman–Crippen LogP) is 3.97. The number of halogens is 1. The van der Waals surface area contributed by atoms with Gasteiger partial charge in [0.25, 0.3) is 5.91 Å². The SMILES string of the molecule is CCOc1ccc(C(=O)NC(=S)Nc2ccccc2)cc1Br. The third-order valence-corrected chi connectivity index (χ3v) is 3.58. The van der Waals surface area contributed by atoms with Crippen molar-refractivity contribution in [2.45, 2.75) is 6.92 Å². The van der Waals surface area contributed by atoms with E-state index < -0.39 is 0 Å². The van der Waals surface area contributed by atoms with Gasteiger partial charge in [-0.15, -0.1) is 0 Å². The molecule has 4 nitrogen and oxygen atoms in total. The van der Waals surface area contributed by atoms with Crippen LogP contribution in [0.25, 0.3) is 0 Å². The monoisotopic (exact) mass is 378 g/mol. The van der Waals surface area contributed by atoms with Crippen LogP contribution in [0.3, 0.4) is 0 Å². The van der Waals surface area contributed by atoms with Crippen LogP contribution in [0.2, 0.25) is 0 Å². The standard InChI is InChI=1S/C16H15BrN2O2S/c1-2-21-14-9-8-11(10-13(14)17)15(20)19-16(22)18-12-6-4-3-5-7-12/h3-10H,2H2,1H3,(H2,18,19,20,22). The smallest absolute Gasteiger partial charge is 0.257 e. The Balaban J connectivity index is 2.00. The second-order valence-corrected chi connectivity index (χ2v) is 5.62. The lowest BCUT2D eigenvalue weighted by Crippen LogP contribution is -2.34. The van der Waals surface area contributed by atoms with Crippen molar-refractivity contribution >= 4 is 44.9 Å². The topological polar surface area (TPSA) is 50.4 Å². The average Bonchev–Trinajstić information content (AvgIpc) is 2.50. The van der Waals surface area contributed by atoms with Gasteiger partial charge in [-0.1, -0.05) is 18.2 Å². The predicted molar refractivity (Wildman–Crippen MR) is 95.4 cm³/mol. The number of carbonyl (C=O) groups excluding carboxylic acids is 1. The van der Waals surface area contributed by atoms with E-state index in [4.69, 9.17) is 17.0 Å². The zero-order valence-corrected chi connectivity index (χ0v) is 14.3. The van der Waals surface area contributed by atoms with Crippen LogP contribution in [0.4, 0.5) is 5.69 Å². The lowest BCUT2D eigenvalue weighted by Gasteiger charge is -2.11. The summed E-state index contributed by atoms with van der Waals surface area (Å²) in [5.74, 6) is 0.418. The minimum atomic E-state index is -0.280. The zero-order chi connectivity index (χ0) is 15.9.